The Morgan fingerprint density at radius 3 is 1.89 bits per heavy atom. The molecule has 3 aromatic heterocycles. The lowest BCUT2D eigenvalue weighted by atomic mass is 9.81. The lowest BCUT2D eigenvalue weighted by Crippen LogP contribution is -2.15. The van der Waals surface area contributed by atoms with E-state index in [1.807, 2.05) is 6.07 Å². The molecule has 0 radical (unpaired) electrons. The SMILES string of the molecule is CC1(C)c2ccccc2-c2c1c1oc3ccccc3c1c1c3ccccc3n(-c3ccc(-c4cc(-c5ccccc5)cc(-c5ccccc5)n4)cc3)c21. The number of rotatable bonds is 4. The molecule has 0 saturated carbocycles. The van der Waals surface area contributed by atoms with Crippen LogP contribution in [0.4, 0.5) is 0 Å². The zero-order chi connectivity index (χ0) is 35.3. The van der Waals surface area contributed by atoms with Crippen molar-refractivity contribution in [2.75, 3.05) is 0 Å². The maximum atomic E-state index is 6.87. The summed E-state index contributed by atoms with van der Waals surface area (Å²) >= 11 is 0. The molecule has 3 heterocycles. The molecule has 3 heteroatoms. The van der Waals surface area contributed by atoms with Gasteiger partial charge in [-0.3, -0.25) is 0 Å². The van der Waals surface area contributed by atoms with Gasteiger partial charge in [-0.25, -0.2) is 4.98 Å². The molecule has 1 aliphatic rings. The summed E-state index contributed by atoms with van der Waals surface area (Å²) in [6.45, 7) is 4.69. The fourth-order valence-electron chi connectivity index (χ4n) is 8.95. The Morgan fingerprint density at radius 1 is 0.528 bits per heavy atom. The number of pyridine rings is 1. The first-order chi connectivity index (χ1) is 26.1. The van der Waals surface area contributed by atoms with Crippen LogP contribution >= 0.6 is 0 Å². The first-order valence-corrected chi connectivity index (χ1v) is 18.3. The van der Waals surface area contributed by atoms with E-state index >= 15 is 0 Å². The zero-order valence-corrected chi connectivity index (χ0v) is 29.5. The van der Waals surface area contributed by atoms with Crippen LogP contribution in [0.3, 0.4) is 0 Å². The number of aromatic nitrogens is 2. The van der Waals surface area contributed by atoms with Gasteiger partial charge < -0.3 is 8.98 Å². The van der Waals surface area contributed by atoms with E-state index in [-0.39, 0.29) is 5.41 Å². The Hall–Kier alpha value is -6.71. The predicted octanol–water partition coefficient (Wildman–Crippen LogP) is 13.4. The van der Waals surface area contributed by atoms with Crippen LogP contribution in [0.1, 0.15) is 25.0 Å². The fourth-order valence-corrected chi connectivity index (χ4v) is 8.95. The minimum absolute atomic E-state index is 0.247. The zero-order valence-electron chi connectivity index (χ0n) is 29.5. The molecule has 0 aliphatic heterocycles. The van der Waals surface area contributed by atoms with Crippen LogP contribution in [0.2, 0.25) is 0 Å². The average molecular weight is 679 g/mol. The Labute approximate surface area is 307 Å². The second-order valence-corrected chi connectivity index (χ2v) is 14.7. The van der Waals surface area contributed by atoms with Gasteiger partial charge in [0.15, 0.2) is 0 Å². The number of para-hydroxylation sites is 2. The molecule has 0 atom stereocenters. The van der Waals surface area contributed by atoms with Gasteiger partial charge in [0.2, 0.25) is 0 Å². The van der Waals surface area contributed by atoms with Gasteiger partial charge in [0.1, 0.15) is 11.2 Å². The molecular weight excluding hydrogens is 645 g/mol. The fraction of sp³-hybridized carbons (Fsp3) is 0.0600. The molecule has 53 heavy (non-hydrogen) atoms. The topological polar surface area (TPSA) is 31.0 Å². The Morgan fingerprint density at radius 2 is 1.13 bits per heavy atom. The monoisotopic (exact) mass is 678 g/mol. The van der Waals surface area contributed by atoms with E-state index in [2.05, 4.69) is 182 Å². The third-order valence-electron chi connectivity index (χ3n) is 11.4. The van der Waals surface area contributed by atoms with Crippen molar-refractivity contribution in [2.24, 2.45) is 0 Å². The van der Waals surface area contributed by atoms with Crippen molar-refractivity contribution in [3.63, 3.8) is 0 Å². The summed E-state index contributed by atoms with van der Waals surface area (Å²) in [5, 5.41) is 4.80. The molecule has 3 nitrogen and oxygen atoms in total. The van der Waals surface area contributed by atoms with Gasteiger partial charge in [-0.05, 0) is 58.7 Å². The van der Waals surface area contributed by atoms with Crippen LogP contribution in [0.5, 0.6) is 0 Å². The summed E-state index contributed by atoms with van der Waals surface area (Å²) < 4.78 is 9.35. The third-order valence-corrected chi connectivity index (χ3v) is 11.4. The van der Waals surface area contributed by atoms with Crippen molar-refractivity contribution in [3.8, 4) is 50.5 Å². The standard InChI is InChI=1S/C50H34N2O/c1-50(2)39-22-12-9-19-36(39)46-47(50)49-45(38-21-11-14-24-43(38)53-49)44-37-20-10-13-23-42(37)52(48(44)46)35-27-25-33(26-28-35)41-30-34(31-15-5-3-6-16-31)29-40(51-41)32-17-7-4-8-18-32/h3-30H,1-2H3. The molecule has 11 rings (SSSR count). The van der Waals surface area contributed by atoms with Crippen LogP contribution in [0.25, 0.3) is 94.2 Å². The molecule has 10 aromatic rings. The summed E-state index contributed by atoms with van der Waals surface area (Å²) in [7, 11) is 0. The predicted molar refractivity (Wildman–Crippen MR) is 220 cm³/mol. The summed E-state index contributed by atoms with van der Waals surface area (Å²) in [5.41, 5.74) is 16.7. The molecule has 0 saturated heterocycles. The van der Waals surface area contributed by atoms with Crippen molar-refractivity contribution < 1.29 is 4.42 Å². The first-order valence-electron chi connectivity index (χ1n) is 18.3. The molecule has 0 unspecified atom stereocenters. The second kappa shape index (κ2) is 11.1. The van der Waals surface area contributed by atoms with Crippen LogP contribution in [0.15, 0.2) is 174 Å². The van der Waals surface area contributed by atoms with E-state index in [0.29, 0.717) is 0 Å². The van der Waals surface area contributed by atoms with Gasteiger partial charge in [-0.1, -0.05) is 147 Å². The van der Waals surface area contributed by atoms with Gasteiger partial charge in [-0.15, -0.1) is 0 Å². The average Bonchev–Trinajstić information content (AvgIpc) is 3.84. The molecule has 0 bridgehead atoms. The maximum Gasteiger partial charge on any atom is 0.140 e. The molecule has 0 fully saturated rings. The maximum absolute atomic E-state index is 6.87. The second-order valence-electron chi connectivity index (χ2n) is 14.7. The van der Waals surface area contributed by atoms with Crippen molar-refractivity contribution >= 4 is 43.7 Å². The Bertz CT molecular complexity index is 3000. The van der Waals surface area contributed by atoms with Crippen molar-refractivity contribution in [2.45, 2.75) is 19.3 Å². The van der Waals surface area contributed by atoms with Crippen LogP contribution in [-0.2, 0) is 5.41 Å². The van der Waals surface area contributed by atoms with Gasteiger partial charge in [0.05, 0.1) is 22.4 Å². The van der Waals surface area contributed by atoms with E-state index in [1.54, 1.807) is 0 Å². The van der Waals surface area contributed by atoms with Crippen LogP contribution < -0.4 is 0 Å². The number of nitrogens with zero attached hydrogens (tertiary/aromatic N) is 2. The highest BCUT2D eigenvalue weighted by atomic mass is 16.3. The number of hydrogen-bond acceptors (Lipinski definition) is 2. The summed E-state index contributed by atoms with van der Waals surface area (Å²) in [6, 6.07) is 60.7. The first kappa shape index (κ1) is 30.0. The number of furan rings is 1. The Balaban J connectivity index is 1.19. The summed E-state index contributed by atoms with van der Waals surface area (Å²) in [4.78, 5) is 5.22. The molecule has 0 amide bonds. The highest BCUT2D eigenvalue weighted by Gasteiger charge is 2.41. The molecular formula is C50H34N2O. The quantitative estimate of drug-likeness (QED) is 0.185. The van der Waals surface area contributed by atoms with Crippen molar-refractivity contribution in [1.82, 2.24) is 9.55 Å². The number of fused-ring (bicyclic) bond motifs is 12. The normalized spacial score (nSPS) is 13.2. The minimum Gasteiger partial charge on any atom is -0.456 e. The van der Waals surface area contributed by atoms with Crippen molar-refractivity contribution in [3.05, 3.63) is 181 Å². The smallest absolute Gasteiger partial charge is 0.140 e. The van der Waals surface area contributed by atoms with Gasteiger partial charge >= 0.3 is 0 Å². The lowest BCUT2D eigenvalue weighted by molar-refractivity contribution is 0.620. The lowest BCUT2D eigenvalue weighted by Gasteiger charge is -2.22. The van der Waals surface area contributed by atoms with Gasteiger partial charge in [0.25, 0.3) is 0 Å². The van der Waals surface area contributed by atoms with E-state index in [9.17, 15) is 0 Å². The van der Waals surface area contributed by atoms with Crippen molar-refractivity contribution in [1.29, 1.82) is 0 Å². The number of hydrogen-bond donors (Lipinski definition) is 0. The molecule has 7 aromatic carbocycles. The molecule has 1 aliphatic carbocycles. The largest absolute Gasteiger partial charge is 0.456 e. The molecule has 0 N–H and O–H groups in total. The number of benzene rings is 7. The summed E-state index contributed by atoms with van der Waals surface area (Å²) in [6.07, 6.45) is 0. The van der Waals surface area contributed by atoms with Gasteiger partial charge in [0, 0.05) is 54.9 Å². The molecule has 250 valence electrons. The third kappa shape index (κ3) is 4.31. The highest BCUT2D eigenvalue weighted by molar-refractivity contribution is 6.32. The van der Waals surface area contributed by atoms with E-state index < -0.39 is 0 Å². The minimum atomic E-state index is -0.247. The summed E-state index contributed by atoms with van der Waals surface area (Å²) in [5.74, 6) is 0. The van der Waals surface area contributed by atoms with Gasteiger partial charge in [-0.2, -0.15) is 0 Å². The van der Waals surface area contributed by atoms with E-state index in [0.717, 1.165) is 50.3 Å². The molecule has 0 spiro atoms. The van der Waals surface area contributed by atoms with Crippen LogP contribution in [-0.4, -0.2) is 9.55 Å². The van der Waals surface area contributed by atoms with Crippen LogP contribution in [0, 0.1) is 0 Å². The van der Waals surface area contributed by atoms with E-state index in [1.165, 1.54) is 55.0 Å². The Kier molecular flexibility index (Phi) is 6.30. The highest BCUT2D eigenvalue weighted by Crippen LogP contribution is 2.57. The van der Waals surface area contributed by atoms with E-state index in [4.69, 9.17) is 9.40 Å².